The molecular weight excluding hydrogens is 360 g/mol. The van der Waals surface area contributed by atoms with E-state index in [2.05, 4.69) is 10.0 Å². The minimum Gasteiger partial charge on any atom is -0.320 e. The second-order valence-electron chi connectivity index (χ2n) is 6.20. The van der Waals surface area contributed by atoms with E-state index in [0.717, 1.165) is 11.1 Å². The van der Waals surface area contributed by atoms with Crippen LogP contribution >= 0.6 is 11.6 Å². The zero-order chi connectivity index (χ0) is 18.8. The van der Waals surface area contributed by atoms with Crippen LogP contribution in [0.2, 0.25) is 5.02 Å². The van der Waals surface area contributed by atoms with Crippen LogP contribution in [0, 0.1) is 13.8 Å². The lowest BCUT2D eigenvalue weighted by Gasteiger charge is -2.13. The summed E-state index contributed by atoms with van der Waals surface area (Å²) in [5.41, 5.74) is 2.59. The number of hydrogen-bond acceptors (Lipinski definition) is 3. The highest BCUT2D eigenvalue weighted by Crippen LogP contribution is 2.28. The first kappa shape index (κ1) is 19.4. The van der Waals surface area contributed by atoms with Crippen molar-refractivity contribution in [1.29, 1.82) is 0 Å². The molecule has 0 unspecified atom stereocenters. The van der Waals surface area contributed by atoms with E-state index < -0.39 is 15.9 Å². The summed E-state index contributed by atoms with van der Waals surface area (Å²) in [5.74, 6) is -0.421. The second-order valence-corrected chi connectivity index (χ2v) is 8.32. The maximum atomic E-state index is 12.5. The smallest absolute Gasteiger partial charge is 0.255 e. The van der Waals surface area contributed by atoms with Crippen LogP contribution in [0.25, 0.3) is 0 Å². The number of nitrogens with one attached hydrogen (secondary N) is 2. The van der Waals surface area contributed by atoms with Crippen molar-refractivity contribution >= 4 is 33.2 Å². The van der Waals surface area contributed by atoms with Gasteiger partial charge in [-0.1, -0.05) is 23.7 Å². The van der Waals surface area contributed by atoms with Gasteiger partial charge in [0.25, 0.3) is 5.91 Å². The van der Waals surface area contributed by atoms with Crippen molar-refractivity contribution in [1.82, 2.24) is 4.72 Å². The first-order valence-electron chi connectivity index (χ1n) is 7.80. The molecule has 0 heterocycles. The largest absolute Gasteiger partial charge is 0.320 e. The minimum atomic E-state index is -3.67. The molecule has 2 aromatic carbocycles. The number of rotatable bonds is 5. The number of carbonyl (C=O) groups excluding carboxylic acids is 1. The van der Waals surface area contributed by atoms with Crippen molar-refractivity contribution in [3.05, 3.63) is 58.1 Å². The topological polar surface area (TPSA) is 75.3 Å². The fourth-order valence-electron chi connectivity index (χ4n) is 2.44. The van der Waals surface area contributed by atoms with Crippen molar-refractivity contribution in [3.8, 4) is 0 Å². The van der Waals surface area contributed by atoms with Crippen molar-refractivity contribution in [2.75, 3.05) is 5.32 Å². The van der Waals surface area contributed by atoms with Gasteiger partial charge in [-0.25, -0.2) is 13.1 Å². The number of benzene rings is 2. The van der Waals surface area contributed by atoms with Gasteiger partial charge in [-0.05, 0) is 63.1 Å². The number of halogens is 1. The molecule has 7 heteroatoms. The zero-order valence-electron chi connectivity index (χ0n) is 14.6. The molecule has 0 aliphatic rings. The summed E-state index contributed by atoms with van der Waals surface area (Å²) in [6.07, 6.45) is 0. The summed E-state index contributed by atoms with van der Waals surface area (Å²) in [6, 6.07) is 9.32. The molecule has 2 rings (SSSR count). The van der Waals surface area contributed by atoms with Crippen LogP contribution in [0.5, 0.6) is 0 Å². The fraction of sp³-hybridized carbons (Fsp3) is 0.278. The molecule has 2 aromatic rings. The minimum absolute atomic E-state index is 0.0422. The number of sulfonamides is 1. The second kappa shape index (κ2) is 7.56. The molecule has 0 aliphatic carbocycles. The van der Waals surface area contributed by atoms with Crippen LogP contribution in [0.3, 0.4) is 0 Å². The van der Waals surface area contributed by atoms with Gasteiger partial charge in [0, 0.05) is 11.6 Å². The van der Waals surface area contributed by atoms with Gasteiger partial charge in [-0.2, -0.15) is 0 Å². The number of aryl methyl sites for hydroxylation is 2. The van der Waals surface area contributed by atoms with Crippen LogP contribution in [-0.4, -0.2) is 20.4 Å². The molecule has 0 saturated carbocycles. The average molecular weight is 381 g/mol. The molecule has 0 atom stereocenters. The summed E-state index contributed by atoms with van der Waals surface area (Å²) in [4.78, 5) is 12.6. The number of amides is 1. The lowest BCUT2D eigenvalue weighted by molar-refractivity contribution is 0.102. The van der Waals surface area contributed by atoms with Gasteiger partial charge in [0.05, 0.1) is 15.6 Å². The van der Waals surface area contributed by atoms with Gasteiger partial charge in [-0.3, -0.25) is 4.79 Å². The maximum absolute atomic E-state index is 12.5. The summed E-state index contributed by atoms with van der Waals surface area (Å²) < 4.78 is 27.0. The van der Waals surface area contributed by atoms with Gasteiger partial charge in [0.2, 0.25) is 10.0 Å². The summed E-state index contributed by atoms with van der Waals surface area (Å²) in [6.45, 7) is 7.23. The van der Waals surface area contributed by atoms with Gasteiger partial charge in [-0.15, -0.1) is 0 Å². The van der Waals surface area contributed by atoms with E-state index in [-0.39, 0.29) is 16.5 Å². The summed E-state index contributed by atoms with van der Waals surface area (Å²) in [5, 5.41) is 3.20. The molecule has 134 valence electrons. The van der Waals surface area contributed by atoms with E-state index in [1.807, 2.05) is 19.9 Å². The Kier molecular flexibility index (Phi) is 5.87. The predicted molar refractivity (Wildman–Crippen MR) is 101 cm³/mol. The highest BCUT2D eigenvalue weighted by Gasteiger charge is 2.18. The van der Waals surface area contributed by atoms with Gasteiger partial charge in [0.15, 0.2) is 0 Å². The molecule has 0 radical (unpaired) electrons. The Labute approximate surface area is 153 Å². The van der Waals surface area contributed by atoms with Crippen molar-refractivity contribution < 1.29 is 13.2 Å². The van der Waals surface area contributed by atoms with E-state index in [4.69, 9.17) is 11.6 Å². The quantitative estimate of drug-likeness (QED) is 0.826. The van der Waals surface area contributed by atoms with Crippen LogP contribution in [-0.2, 0) is 10.0 Å². The van der Waals surface area contributed by atoms with Crippen LogP contribution < -0.4 is 10.0 Å². The number of anilines is 1. The normalized spacial score (nSPS) is 11.6. The monoisotopic (exact) mass is 380 g/mol. The van der Waals surface area contributed by atoms with E-state index in [9.17, 15) is 13.2 Å². The Morgan fingerprint density at radius 2 is 1.80 bits per heavy atom. The lowest BCUT2D eigenvalue weighted by Crippen LogP contribution is -2.30. The van der Waals surface area contributed by atoms with Gasteiger partial charge < -0.3 is 5.32 Å². The first-order valence-corrected chi connectivity index (χ1v) is 9.67. The Bertz CT molecular complexity index is 885. The molecule has 0 saturated heterocycles. The maximum Gasteiger partial charge on any atom is 0.255 e. The van der Waals surface area contributed by atoms with Crippen LogP contribution in [0.4, 0.5) is 5.69 Å². The van der Waals surface area contributed by atoms with E-state index in [0.29, 0.717) is 10.7 Å². The van der Waals surface area contributed by atoms with Crippen molar-refractivity contribution in [3.63, 3.8) is 0 Å². The SMILES string of the molecule is Cc1cc(C)c(NC(=O)c2cccc(S(=O)(=O)NC(C)C)c2)c(Cl)c1. The Balaban J connectivity index is 2.31. The third-order valence-corrected chi connectivity index (χ3v) is 5.42. The number of carbonyl (C=O) groups is 1. The molecule has 0 bridgehead atoms. The molecule has 2 N–H and O–H groups in total. The zero-order valence-corrected chi connectivity index (χ0v) is 16.1. The summed E-state index contributed by atoms with van der Waals surface area (Å²) >= 11 is 6.21. The van der Waals surface area contributed by atoms with Crippen LogP contribution in [0.1, 0.15) is 35.3 Å². The van der Waals surface area contributed by atoms with Crippen molar-refractivity contribution in [2.45, 2.75) is 38.6 Å². The molecule has 1 amide bonds. The Morgan fingerprint density at radius 1 is 1.12 bits per heavy atom. The third-order valence-electron chi connectivity index (χ3n) is 3.47. The average Bonchev–Trinajstić information content (AvgIpc) is 2.49. The third kappa shape index (κ3) is 4.81. The number of hydrogen-bond donors (Lipinski definition) is 2. The molecule has 5 nitrogen and oxygen atoms in total. The summed E-state index contributed by atoms with van der Waals surface area (Å²) in [7, 11) is -3.67. The fourth-order valence-corrected chi connectivity index (χ4v) is 4.11. The molecular formula is C18H21ClN2O3S. The molecule has 0 spiro atoms. The standard InChI is InChI=1S/C18H21ClN2O3S/c1-11(2)21-25(23,24)15-7-5-6-14(10-15)18(22)20-17-13(4)8-12(3)9-16(17)19/h5-11,21H,1-4H3,(H,20,22). The van der Waals surface area contributed by atoms with Crippen molar-refractivity contribution in [2.24, 2.45) is 0 Å². The van der Waals surface area contributed by atoms with Gasteiger partial charge in [0.1, 0.15) is 0 Å². The first-order chi connectivity index (χ1) is 11.6. The Morgan fingerprint density at radius 3 is 2.40 bits per heavy atom. The van der Waals surface area contributed by atoms with E-state index in [1.165, 1.54) is 18.2 Å². The predicted octanol–water partition coefficient (Wildman–Crippen LogP) is 3.90. The lowest BCUT2D eigenvalue weighted by atomic mass is 10.1. The Hall–Kier alpha value is -1.89. The molecule has 0 aliphatic heterocycles. The van der Waals surface area contributed by atoms with E-state index in [1.54, 1.807) is 26.0 Å². The van der Waals surface area contributed by atoms with E-state index >= 15 is 0 Å². The molecule has 25 heavy (non-hydrogen) atoms. The highest BCUT2D eigenvalue weighted by atomic mass is 35.5. The van der Waals surface area contributed by atoms with Crippen LogP contribution in [0.15, 0.2) is 41.3 Å². The molecule has 0 fully saturated rings. The highest BCUT2D eigenvalue weighted by molar-refractivity contribution is 7.89. The van der Waals surface area contributed by atoms with Gasteiger partial charge >= 0.3 is 0 Å². The molecule has 0 aromatic heterocycles.